The van der Waals surface area contributed by atoms with E-state index >= 15 is 4.39 Å². The largest absolute Gasteiger partial charge is 0.388 e. The molecule has 0 amide bonds. The number of rotatable bonds is 5. The molecule has 0 radical (unpaired) electrons. The summed E-state index contributed by atoms with van der Waals surface area (Å²) in [5.74, 6) is -0.571. The standard InChI is InChI=1S/C27H23F2N3O3S/c1-14(2)25-22(32-36(34,35)24-11-15(3)10-19-18(24)5-9-23(19)33)8-6-20(28)26(25)16-4-7-21-17(12-16)13-30-27(29)31-21/h4,6-8,10-13,23,32-33H,1,5,9H2,2-3H3. The van der Waals surface area contributed by atoms with Gasteiger partial charge in [0, 0.05) is 22.7 Å². The predicted octanol–water partition coefficient (Wildman–Crippen LogP) is 5.70. The zero-order valence-electron chi connectivity index (χ0n) is 19.6. The van der Waals surface area contributed by atoms with Gasteiger partial charge in [-0.2, -0.15) is 4.39 Å². The van der Waals surface area contributed by atoms with E-state index in [0.717, 1.165) is 0 Å². The number of aliphatic hydroxyl groups excluding tert-OH is 1. The minimum atomic E-state index is -4.08. The van der Waals surface area contributed by atoms with Crippen LogP contribution in [0, 0.1) is 18.8 Å². The molecule has 1 atom stereocenters. The third-order valence-electron chi connectivity index (χ3n) is 6.37. The zero-order valence-corrected chi connectivity index (χ0v) is 20.5. The summed E-state index contributed by atoms with van der Waals surface area (Å²) in [6.07, 6.45) is 0.626. The molecule has 2 N–H and O–H groups in total. The number of aromatic nitrogens is 2. The molecular formula is C27H23F2N3O3S. The second-order valence-electron chi connectivity index (χ2n) is 9.03. The van der Waals surface area contributed by atoms with E-state index in [0.29, 0.717) is 57.1 Å². The first kappa shape index (κ1) is 24.0. The molecule has 1 aromatic heterocycles. The van der Waals surface area contributed by atoms with Gasteiger partial charge in [0.25, 0.3) is 10.0 Å². The molecular weight excluding hydrogens is 484 g/mol. The highest BCUT2D eigenvalue weighted by atomic mass is 32.2. The highest BCUT2D eigenvalue weighted by molar-refractivity contribution is 7.92. The molecule has 1 aliphatic carbocycles. The van der Waals surface area contributed by atoms with Crippen molar-refractivity contribution in [2.24, 2.45) is 0 Å². The normalized spacial score (nSPS) is 15.2. The van der Waals surface area contributed by atoms with Crippen molar-refractivity contribution in [2.45, 2.75) is 37.7 Å². The minimum absolute atomic E-state index is 0.0949. The summed E-state index contributed by atoms with van der Waals surface area (Å²) in [6, 6.07) is 10.7. The summed E-state index contributed by atoms with van der Waals surface area (Å²) >= 11 is 0. The van der Waals surface area contributed by atoms with Gasteiger partial charge in [0.2, 0.25) is 0 Å². The summed E-state index contributed by atoms with van der Waals surface area (Å²) < 4.78 is 58.4. The quantitative estimate of drug-likeness (QED) is 0.338. The van der Waals surface area contributed by atoms with Crippen LogP contribution in [0.1, 0.15) is 41.7 Å². The summed E-state index contributed by atoms with van der Waals surface area (Å²) in [4.78, 5) is 7.39. The summed E-state index contributed by atoms with van der Waals surface area (Å²) in [5.41, 5.74) is 3.77. The van der Waals surface area contributed by atoms with E-state index in [-0.39, 0.29) is 16.1 Å². The van der Waals surface area contributed by atoms with Crippen molar-refractivity contribution in [3.8, 4) is 11.1 Å². The number of allylic oxidation sites excluding steroid dienone is 1. The van der Waals surface area contributed by atoms with Crippen LogP contribution in [0.15, 0.2) is 60.1 Å². The van der Waals surface area contributed by atoms with Crippen molar-refractivity contribution in [1.82, 2.24) is 9.97 Å². The van der Waals surface area contributed by atoms with Gasteiger partial charge in [-0.25, -0.2) is 22.8 Å². The number of hydrogen-bond donors (Lipinski definition) is 2. The van der Waals surface area contributed by atoms with Crippen LogP contribution in [0.25, 0.3) is 27.6 Å². The number of fused-ring (bicyclic) bond motifs is 2. The van der Waals surface area contributed by atoms with Gasteiger partial charge in [-0.15, -0.1) is 0 Å². The highest BCUT2D eigenvalue weighted by Crippen LogP contribution is 2.40. The molecule has 9 heteroatoms. The molecule has 1 heterocycles. The van der Waals surface area contributed by atoms with Crippen molar-refractivity contribution in [3.63, 3.8) is 0 Å². The Morgan fingerprint density at radius 1 is 1.17 bits per heavy atom. The van der Waals surface area contributed by atoms with Crippen LogP contribution in [0.5, 0.6) is 0 Å². The van der Waals surface area contributed by atoms with E-state index in [9.17, 15) is 17.9 Å². The Morgan fingerprint density at radius 3 is 2.69 bits per heavy atom. The van der Waals surface area contributed by atoms with Gasteiger partial charge in [-0.1, -0.05) is 18.7 Å². The number of nitrogens with zero attached hydrogens (tertiary/aromatic N) is 2. The van der Waals surface area contributed by atoms with Gasteiger partial charge in [-0.3, -0.25) is 4.72 Å². The van der Waals surface area contributed by atoms with Gasteiger partial charge in [-0.05, 0) is 84.8 Å². The number of aryl methyl sites for hydroxylation is 1. The fourth-order valence-corrected chi connectivity index (χ4v) is 6.26. The number of aliphatic hydroxyl groups is 1. The lowest BCUT2D eigenvalue weighted by atomic mass is 9.93. The van der Waals surface area contributed by atoms with E-state index in [1.165, 1.54) is 18.3 Å². The maximum Gasteiger partial charge on any atom is 0.309 e. The predicted molar refractivity (Wildman–Crippen MR) is 135 cm³/mol. The Labute approximate surface area is 207 Å². The fourth-order valence-electron chi connectivity index (χ4n) is 4.81. The maximum atomic E-state index is 15.2. The SMILES string of the molecule is C=C(C)c1c(NS(=O)(=O)c2cc(C)cc3c2CCC3O)ccc(F)c1-c1ccc2nc(F)ncc2c1. The average Bonchev–Trinajstić information content (AvgIpc) is 3.19. The third-order valence-corrected chi connectivity index (χ3v) is 7.80. The van der Waals surface area contributed by atoms with E-state index < -0.39 is 28.0 Å². The Bertz CT molecular complexity index is 1670. The van der Waals surface area contributed by atoms with Crippen LogP contribution in [0.2, 0.25) is 0 Å². The van der Waals surface area contributed by atoms with Crippen molar-refractivity contribution < 1.29 is 22.3 Å². The molecule has 0 aliphatic heterocycles. The second-order valence-corrected chi connectivity index (χ2v) is 10.7. The van der Waals surface area contributed by atoms with Crippen LogP contribution in [0.4, 0.5) is 14.5 Å². The Morgan fingerprint density at radius 2 is 1.94 bits per heavy atom. The smallest absolute Gasteiger partial charge is 0.309 e. The van der Waals surface area contributed by atoms with Gasteiger partial charge in [0.05, 0.1) is 22.2 Å². The molecule has 184 valence electrons. The van der Waals surface area contributed by atoms with Gasteiger partial charge >= 0.3 is 6.08 Å². The molecule has 1 aliphatic rings. The molecule has 0 bridgehead atoms. The summed E-state index contributed by atoms with van der Waals surface area (Å²) in [6.45, 7) is 7.40. The molecule has 0 spiro atoms. The minimum Gasteiger partial charge on any atom is -0.388 e. The monoisotopic (exact) mass is 507 g/mol. The maximum absolute atomic E-state index is 15.2. The molecule has 5 rings (SSSR count). The van der Waals surface area contributed by atoms with E-state index in [4.69, 9.17) is 0 Å². The number of anilines is 1. The first-order chi connectivity index (χ1) is 17.0. The van der Waals surface area contributed by atoms with Crippen molar-refractivity contribution in [3.05, 3.63) is 89.4 Å². The van der Waals surface area contributed by atoms with Crippen LogP contribution < -0.4 is 4.72 Å². The number of halogens is 2. The van der Waals surface area contributed by atoms with E-state index in [1.807, 2.05) is 0 Å². The number of hydrogen-bond acceptors (Lipinski definition) is 5. The molecule has 36 heavy (non-hydrogen) atoms. The second kappa shape index (κ2) is 8.76. The first-order valence-electron chi connectivity index (χ1n) is 11.3. The lowest BCUT2D eigenvalue weighted by Crippen LogP contribution is -2.17. The van der Waals surface area contributed by atoms with Gasteiger partial charge in [0.1, 0.15) is 5.82 Å². The summed E-state index contributed by atoms with van der Waals surface area (Å²) in [5, 5.41) is 10.8. The number of benzene rings is 3. The van der Waals surface area contributed by atoms with Crippen LogP contribution in [0.3, 0.4) is 0 Å². The molecule has 6 nitrogen and oxygen atoms in total. The summed E-state index contributed by atoms with van der Waals surface area (Å²) in [7, 11) is -4.08. The van der Waals surface area contributed by atoms with Crippen LogP contribution in [-0.2, 0) is 16.4 Å². The van der Waals surface area contributed by atoms with E-state index in [2.05, 4.69) is 21.3 Å². The van der Waals surface area contributed by atoms with Gasteiger partial charge < -0.3 is 5.11 Å². The molecule has 0 saturated carbocycles. The van der Waals surface area contributed by atoms with Crippen molar-refractivity contribution >= 4 is 32.2 Å². The Kier molecular flexibility index (Phi) is 5.84. The first-order valence-corrected chi connectivity index (χ1v) is 12.8. The third kappa shape index (κ3) is 4.14. The molecule has 1 unspecified atom stereocenters. The number of nitrogens with one attached hydrogen (secondary N) is 1. The van der Waals surface area contributed by atoms with Crippen molar-refractivity contribution in [2.75, 3.05) is 4.72 Å². The highest BCUT2D eigenvalue weighted by Gasteiger charge is 2.30. The molecule has 4 aromatic rings. The topological polar surface area (TPSA) is 92.2 Å². The van der Waals surface area contributed by atoms with Crippen LogP contribution >= 0.6 is 0 Å². The Hall–Kier alpha value is -3.69. The Balaban J connectivity index is 1.65. The van der Waals surface area contributed by atoms with Crippen molar-refractivity contribution in [1.29, 1.82) is 0 Å². The molecule has 0 saturated heterocycles. The van der Waals surface area contributed by atoms with Gasteiger partial charge in [0.15, 0.2) is 0 Å². The lowest BCUT2D eigenvalue weighted by molar-refractivity contribution is 0.180. The van der Waals surface area contributed by atoms with E-state index in [1.54, 1.807) is 44.2 Å². The number of sulfonamides is 1. The zero-order chi connectivity index (χ0) is 25.8. The fraction of sp³-hybridized carbons (Fsp3) is 0.185. The molecule has 0 fully saturated rings. The van der Waals surface area contributed by atoms with Crippen LogP contribution in [-0.4, -0.2) is 23.5 Å². The molecule has 3 aromatic carbocycles. The average molecular weight is 508 g/mol. The lowest BCUT2D eigenvalue weighted by Gasteiger charge is -2.19.